The second-order valence-corrected chi connectivity index (χ2v) is 3.39. The summed E-state index contributed by atoms with van der Waals surface area (Å²) in [4.78, 5) is 11.9. The largest absolute Gasteiger partial charge is 0.392 e. The van der Waals surface area contributed by atoms with Crippen molar-refractivity contribution >= 4 is 22.9 Å². The quantitative estimate of drug-likeness (QED) is 0.605. The summed E-state index contributed by atoms with van der Waals surface area (Å²) >= 11 is 0. The normalized spacial score (nSPS) is 13.2. The Kier molecular flexibility index (Phi) is 2.16. The minimum Gasteiger partial charge on any atom is -0.392 e. The number of fused-ring (bicyclic) bond motifs is 1. The van der Waals surface area contributed by atoms with Crippen LogP contribution in [-0.4, -0.2) is 30.7 Å². The van der Waals surface area contributed by atoms with Gasteiger partial charge in [-0.1, -0.05) is 0 Å². The maximum absolute atomic E-state index is 9.27. The zero-order chi connectivity index (χ0) is 11.0. The Morgan fingerprint density at radius 1 is 1.47 bits per heavy atom. The van der Waals surface area contributed by atoms with Crippen LogP contribution in [0.2, 0.25) is 0 Å². The highest BCUT2D eigenvalue weighted by molar-refractivity contribution is 5.82. The van der Waals surface area contributed by atoms with Gasteiger partial charge < -0.3 is 21.1 Å². The van der Waals surface area contributed by atoms with Gasteiger partial charge in [-0.05, 0) is 6.92 Å². The van der Waals surface area contributed by atoms with E-state index in [4.69, 9.17) is 11.5 Å². The highest BCUT2D eigenvalue weighted by Gasteiger charge is 2.10. The predicted octanol–water partition coefficient (Wildman–Crippen LogP) is -0.629. The summed E-state index contributed by atoms with van der Waals surface area (Å²) in [6, 6.07) is 0. The standard InChI is InChI=1S/C8H12N6O/c1-4(15)2-14-3-11-5-6(9)12-8(10)13-7(5)14/h3-4,15H,2H2,1H3,(H4,9,10,12,13)/t4-/m0/s1. The Morgan fingerprint density at radius 2 is 2.20 bits per heavy atom. The molecule has 2 aromatic heterocycles. The second kappa shape index (κ2) is 3.35. The van der Waals surface area contributed by atoms with E-state index >= 15 is 0 Å². The maximum atomic E-state index is 9.27. The molecule has 0 radical (unpaired) electrons. The predicted molar refractivity (Wildman–Crippen MR) is 55.8 cm³/mol. The molecule has 0 aliphatic heterocycles. The van der Waals surface area contributed by atoms with Gasteiger partial charge in [-0.2, -0.15) is 9.97 Å². The van der Waals surface area contributed by atoms with E-state index in [0.717, 1.165) is 0 Å². The van der Waals surface area contributed by atoms with Crippen LogP contribution in [0.3, 0.4) is 0 Å². The van der Waals surface area contributed by atoms with Crippen LogP contribution in [0.5, 0.6) is 0 Å². The minimum absolute atomic E-state index is 0.104. The number of nitrogen functional groups attached to an aromatic ring is 2. The van der Waals surface area contributed by atoms with Crippen molar-refractivity contribution in [1.29, 1.82) is 0 Å². The molecular formula is C8H12N6O. The lowest BCUT2D eigenvalue weighted by atomic mass is 10.4. The van der Waals surface area contributed by atoms with Crippen molar-refractivity contribution in [3.05, 3.63) is 6.33 Å². The van der Waals surface area contributed by atoms with Crippen molar-refractivity contribution < 1.29 is 5.11 Å². The molecule has 0 aliphatic rings. The van der Waals surface area contributed by atoms with Gasteiger partial charge in [0.15, 0.2) is 11.5 Å². The van der Waals surface area contributed by atoms with Crippen LogP contribution in [0.25, 0.3) is 11.2 Å². The molecule has 0 bridgehead atoms. The fraction of sp³-hybridized carbons (Fsp3) is 0.375. The third-order valence-electron chi connectivity index (χ3n) is 1.97. The molecule has 0 unspecified atom stereocenters. The van der Waals surface area contributed by atoms with Crippen molar-refractivity contribution in [1.82, 2.24) is 19.5 Å². The molecule has 7 heteroatoms. The summed E-state index contributed by atoms with van der Waals surface area (Å²) < 4.78 is 1.69. The number of hydrogen-bond donors (Lipinski definition) is 3. The molecule has 15 heavy (non-hydrogen) atoms. The first-order valence-corrected chi connectivity index (χ1v) is 4.50. The summed E-state index contributed by atoms with van der Waals surface area (Å²) in [6.07, 6.45) is 1.07. The molecule has 5 N–H and O–H groups in total. The van der Waals surface area contributed by atoms with Crippen LogP contribution in [0.4, 0.5) is 11.8 Å². The van der Waals surface area contributed by atoms with Gasteiger partial charge in [-0.25, -0.2) is 4.98 Å². The summed E-state index contributed by atoms with van der Waals surface area (Å²) in [5.41, 5.74) is 12.2. The molecule has 0 saturated carbocycles. The number of anilines is 2. The van der Waals surface area contributed by atoms with Crippen molar-refractivity contribution in [2.24, 2.45) is 0 Å². The van der Waals surface area contributed by atoms with Crippen molar-refractivity contribution in [3.63, 3.8) is 0 Å². The molecule has 1 atom stereocenters. The van der Waals surface area contributed by atoms with Gasteiger partial charge in [0.25, 0.3) is 0 Å². The monoisotopic (exact) mass is 208 g/mol. The third kappa shape index (κ3) is 1.68. The number of imidazole rings is 1. The van der Waals surface area contributed by atoms with Gasteiger partial charge in [0.05, 0.1) is 19.0 Å². The first-order chi connectivity index (χ1) is 7.08. The topological polar surface area (TPSA) is 116 Å². The second-order valence-electron chi connectivity index (χ2n) is 3.39. The molecule has 0 spiro atoms. The summed E-state index contributed by atoms with van der Waals surface area (Å²) in [5, 5.41) is 9.27. The minimum atomic E-state index is -0.486. The van der Waals surface area contributed by atoms with E-state index in [1.165, 1.54) is 0 Å². The number of aliphatic hydroxyl groups excluding tert-OH is 1. The zero-order valence-corrected chi connectivity index (χ0v) is 8.25. The van der Waals surface area contributed by atoms with E-state index < -0.39 is 6.10 Å². The van der Waals surface area contributed by atoms with Gasteiger partial charge in [-0.15, -0.1) is 0 Å². The van der Waals surface area contributed by atoms with E-state index in [0.29, 0.717) is 17.7 Å². The van der Waals surface area contributed by atoms with E-state index in [2.05, 4.69) is 15.0 Å². The van der Waals surface area contributed by atoms with Crippen LogP contribution in [0, 0.1) is 0 Å². The summed E-state index contributed by atoms with van der Waals surface area (Å²) in [6.45, 7) is 2.08. The molecule has 2 heterocycles. The lowest BCUT2D eigenvalue weighted by Gasteiger charge is -2.06. The molecule has 2 aromatic rings. The lowest BCUT2D eigenvalue weighted by molar-refractivity contribution is 0.175. The number of aromatic nitrogens is 4. The van der Waals surface area contributed by atoms with Crippen molar-refractivity contribution in [3.8, 4) is 0 Å². The van der Waals surface area contributed by atoms with Crippen LogP contribution in [0.1, 0.15) is 6.92 Å². The molecular weight excluding hydrogens is 196 g/mol. The number of hydrogen-bond acceptors (Lipinski definition) is 6. The van der Waals surface area contributed by atoms with Crippen LogP contribution in [-0.2, 0) is 6.54 Å². The average Bonchev–Trinajstić information content (AvgIpc) is 2.48. The van der Waals surface area contributed by atoms with Gasteiger partial charge in [0.2, 0.25) is 5.95 Å². The number of nitrogens with zero attached hydrogens (tertiary/aromatic N) is 4. The highest BCUT2D eigenvalue weighted by atomic mass is 16.3. The van der Waals surface area contributed by atoms with Crippen molar-refractivity contribution in [2.75, 3.05) is 11.5 Å². The molecule has 7 nitrogen and oxygen atoms in total. The maximum Gasteiger partial charge on any atom is 0.224 e. The van der Waals surface area contributed by atoms with Gasteiger partial charge in [0.1, 0.15) is 5.52 Å². The smallest absolute Gasteiger partial charge is 0.224 e. The van der Waals surface area contributed by atoms with E-state index in [-0.39, 0.29) is 11.8 Å². The molecule has 80 valence electrons. The zero-order valence-electron chi connectivity index (χ0n) is 8.25. The summed E-state index contributed by atoms with van der Waals surface area (Å²) in [5.74, 6) is 0.356. The van der Waals surface area contributed by atoms with Crippen LogP contribution in [0.15, 0.2) is 6.33 Å². The molecule has 0 amide bonds. The summed E-state index contributed by atoms with van der Waals surface area (Å²) in [7, 11) is 0. The Morgan fingerprint density at radius 3 is 2.87 bits per heavy atom. The van der Waals surface area contributed by atoms with Gasteiger partial charge in [0, 0.05) is 0 Å². The van der Waals surface area contributed by atoms with E-state index in [1.54, 1.807) is 17.8 Å². The van der Waals surface area contributed by atoms with Gasteiger partial charge in [-0.3, -0.25) is 0 Å². The first-order valence-electron chi connectivity index (χ1n) is 4.50. The molecule has 0 aliphatic carbocycles. The highest BCUT2D eigenvalue weighted by Crippen LogP contribution is 2.16. The molecule has 0 saturated heterocycles. The van der Waals surface area contributed by atoms with Gasteiger partial charge >= 0.3 is 0 Å². The Hall–Kier alpha value is -1.89. The average molecular weight is 208 g/mol. The Labute approximate surface area is 85.8 Å². The molecule has 0 aromatic carbocycles. The molecule has 2 rings (SSSR count). The Balaban J connectivity index is 2.58. The van der Waals surface area contributed by atoms with E-state index in [1.807, 2.05) is 0 Å². The fourth-order valence-corrected chi connectivity index (χ4v) is 1.40. The number of aliphatic hydroxyl groups is 1. The van der Waals surface area contributed by atoms with Crippen LogP contribution >= 0.6 is 0 Å². The molecule has 0 fully saturated rings. The number of nitrogens with two attached hydrogens (primary N) is 2. The Bertz CT molecular complexity index is 491. The van der Waals surface area contributed by atoms with Crippen LogP contribution < -0.4 is 11.5 Å². The SMILES string of the molecule is C[C@H](O)Cn1cnc2c(N)nc(N)nc21. The fourth-order valence-electron chi connectivity index (χ4n) is 1.40. The number of rotatable bonds is 2. The third-order valence-corrected chi connectivity index (χ3v) is 1.97. The lowest BCUT2D eigenvalue weighted by Crippen LogP contribution is -2.12. The van der Waals surface area contributed by atoms with Crippen molar-refractivity contribution in [2.45, 2.75) is 19.6 Å². The first kappa shape index (κ1) is 9.66. The van der Waals surface area contributed by atoms with E-state index in [9.17, 15) is 5.11 Å².